The fourth-order valence-electron chi connectivity index (χ4n) is 2.47. The monoisotopic (exact) mass is 285 g/mol. The summed E-state index contributed by atoms with van der Waals surface area (Å²) in [6.45, 7) is 4.03. The molecule has 1 aromatic heterocycles. The van der Waals surface area contributed by atoms with Gasteiger partial charge < -0.3 is 15.0 Å². The van der Waals surface area contributed by atoms with Crippen LogP contribution in [0.3, 0.4) is 0 Å². The van der Waals surface area contributed by atoms with Crippen molar-refractivity contribution in [2.75, 3.05) is 44.8 Å². The molecule has 2 heterocycles. The van der Waals surface area contributed by atoms with E-state index in [1.807, 2.05) is 4.90 Å². The maximum absolute atomic E-state index is 13.6. The summed E-state index contributed by atoms with van der Waals surface area (Å²) >= 11 is 0. The first-order valence-electron chi connectivity index (χ1n) is 6.96. The second-order valence-corrected chi connectivity index (χ2v) is 5.09. The van der Waals surface area contributed by atoms with Gasteiger partial charge in [0.05, 0.1) is 12.8 Å². The van der Waals surface area contributed by atoms with Crippen LogP contribution < -0.4 is 10.2 Å². The standard InChI is InChI=1S/C14H21F2N3O/c1-20-7-4-17-9-11-2-5-19(6-3-11)14-13(16)8-12(15)10-18-14/h8,10-11,17H,2-7,9H2,1H3. The third kappa shape index (κ3) is 4.11. The molecular formula is C14H21F2N3O. The molecule has 0 aromatic carbocycles. The predicted octanol–water partition coefficient (Wildman–Crippen LogP) is 1.81. The number of rotatable bonds is 6. The highest BCUT2D eigenvalue weighted by molar-refractivity contribution is 5.40. The summed E-state index contributed by atoms with van der Waals surface area (Å²) in [6.07, 6.45) is 3.04. The average molecular weight is 285 g/mol. The van der Waals surface area contributed by atoms with E-state index in [9.17, 15) is 8.78 Å². The lowest BCUT2D eigenvalue weighted by atomic mass is 9.97. The number of halogens is 2. The average Bonchev–Trinajstić information content (AvgIpc) is 2.45. The largest absolute Gasteiger partial charge is 0.383 e. The molecule has 0 saturated carbocycles. The Hall–Kier alpha value is -1.27. The number of nitrogens with one attached hydrogen (secondary N) is 1. The van der Waals surface area contributed by atoms with Crippen LogP contribution >= 0.6 is 0 Å². The summed E-state index contributed by atoms with van der Waals surface area (Å²) in [5, 5.41) is 3.35. The van der Waals surface area contributed by atoms with Crippen molar-refractivity contribution in [2.24, 2.45) is 5.92 Å². The second-order valence-electron chi connectivity index (χ2n) is 5.09. The normalized spacial score (nSPS) is 16.6. The van der Waals surface area contributed by atoms with Gasteiger partial charge in [0.25, 0.3) is 0 Å². The molecule has 1 aliphatic heterocycles. The van der Waals surface area contributed by atoms with Crippen LogP contribution in [0.5, 0.6) is 0 Å². The van der Waals surface area contributed by atoms with Crippen molar-refractivity contribution < 1.29 is 13.5 Å². The first-order chi connectivity index (χ1) is 9.70. The van der Waals surface area contributed by atoms with Crippen LogP contribution in [0.2, 0.25) is 0 Å². The van der Waals surface area contributed by atoms with Crippen LogP contribution in [0.15, 0.2) is 12.3 Å². The fraction of sp³-hybridized carbons (Fsp3) is 0.643. The zero-order valence-electron chi connectivity index (χ0n) is 11.7. The van der Waals surface area contributed by atoms with Gasteiger partial charge in [-0.2, -0.15) is 0 Å². The van der Waals surface area contributed by atoms with Gasteiger partial charge in [-0.05, 0) is 25.3 Å². The quantitative estimate of drug-likeness (QED) is 0.809. The van der Waals surface area contributed by atoms with Crippen molar-refractivity contribution in [1.29, 1.82) is 0 Å². The van der Waals surface area contributed by atoms with Gasteiger partial charge in [-0.1, -0.05) is 0 Å². The topological polar surface area (TPSA) is 37.4 Å². The van der Waals surface area contributed by atoms with Gasteiger partial charge >= 0.3 is 0 Å². The van der Waals surface area contributed by atoms with Crippen molar-refractivity contribution >= 4 is 5.82 Å². The van der Waals surface area contributed by atoms with Gasteiger partial charge in [-0.25, -0.2) is 13.8 Å². The Labute approximate surface area is 118 Å². The number of piperidine rings is 1. The number of hydrogen-bond donors (Lipinski definition) is 1. The summed E-state index contributed by atoms with van der Waals surface area (Å²) in [6, 6.07) is 0.890. The minimum absolute atomic E-state index is 0.261. The second kappa shape index (κ2) is 7.50. The molecule has 0 radical (unpaired) electrons. The Morgan fingerprint density at radius 2 is 2.15 bits per heavy atom. The van der Waals surface area contributed by atoms with Crippen LogP contribution in [0.25, 0.3) is 0 Å². The smallest absolute Gasteiger partial charge is 0.168 e. The molecule has 4 nitrogen and oxygen atoms in total. The Bertz CT molecular complexity index is 423. The molecule has 2 rings (SSSR count). The highest BCUT2D eigenvalue weighted by Crippen LogP contribution is 2.23. The van der Waals surface area contributed by atoms with E-state index in [4.69, 9.17) is 4.74 Å². The van der Waals surface area contributed by atoms with Gasteiger partial charge in [-0.3, -0.25) is 0 Å². The minimum atomic E-state index is -0.636. The van der Waals surface area contributed by atoms with Crippen LogP contribution in [0.4, 0.5) is 14.6 Å². The Kier molecular flexibility index (Phi) is 5.67. The zero-order chi connectivity index (χ0) is 14.4. The van der Waals surface area contributed by atoms with Gasteiger partial charge in [0.15, 0.2) is 11.6 Å². The maximum Gasteiger partial charge on any atom is 0.168 e. The molecule has 1 saturated heterocycles. The SMILES string of the molecule is COCCNCC1CCN(c2ncc(F)cc2F)CC1. The van der Waals surface area contributed by atoms with Gasteiger partial charge in [0.2, 0.25) is 0 Å². The number of pyridine rings is 1. The highest BCUT2D eigenvalue weighted by Gasteiger charge is 2.22. The van der Waals surface area contributed by atoms with Crippen molar-refractivity contribution in [3.05, 3.63) is 23.9 Å². The van der Waals surface area contributed by atoms with E-state index in [0.717, 1.165) is 51.3 Å². The Morgan fingerprint density at radius 1 is 1.40 bits per heavy atom. The molecular weight excluding hydrogens is 264 g/mol. The molecule has 0 spiro atoms. The summed E-state index contributed by atoms with van der Waals surface area (Å²) in [5.41, 5.74) is 0. The van der Waals surface area contributed by atoms with Crippen molar-refractivity contribution in [1.82, 2.24) is 10.3 Å². The molecule has 0 amide bonds. The van der Waals surface area contributed by atoms with E-state index in [-0.39, 0.29) is 5.82 Å². The zero-order valence-corrected chi connectivity index (χ0v) is 11.7. The molecule has 0 aliphatic carbocycles. The molecule has 1 aliphatic rings. The van der Waals surface area contributed by atoms with Crippen molar-refractivity contribution in [3.63, 3.8) is 0 Å². The molecule has 0 unspecified atom stereocenters. The van der Waals surface area contributed by atoms with Crippen LogP contribution in [-0.2, 0) is 4.74 Å². The van der Waals surface area contributed by atoms with E-state index in [0.29, 0.717) is 12.5 Å². The minimum Gasteiger partial charge on any atom is -0.383 e. The number of aromatic nitrogens is 1. The summed E-state index contributed by atoms with van der Waals surface area (Å²) in [4.78, 5) is 5.75. The molecule has 1 aromatic rings. The number of nitrogens with zero attached hydrogens (tertiary/aromatic N) is 2. The van der Waals surface area contributed by atoms with E-state index in [1.54, 1.807) is 7.11 Å². The number of hydrogen-bond acceptors (Lipinski definition) is 4. The molecule has 0 bridgehead atoms. The van der Waals surface area contributed by atoms with Gasteiger partial charge in [-0.15, -0.1) is 0 Å². The first-order valence-corrected chi connectivity index (χ1v) is 6.96. The van der Waals surface area contributed by atoms with Crippen molar-refractivity contribution in [3.8, 4) is 0 Å². The molecule has 112 valence electrons. The molecule has 6 heteroatoms. The van der Waals surface area contributed by atoms with Crippen LogP contribution in [-0.4, -0.2) is 44.9 Å². The van der Waals surface area contributed by atoms with E-state index in [1.165, 1.54) is 0 Å². The summed E-state index contributed by atoms with van der Waals surface area (Å²) < 4.78 is 31.5. The Morgan fingerprint density at radius 3 is 2.80 bits per heavy atom. The molecule has 1 N–H and O–H groups in total. The number of ether oxygens (including phenoxy) is 1. The van der Waals surface area contributed by atoms with Crippen LogP contribution in [0, 0.1) is 17.6 Å². The molecule has 20 heavy (non-hydrogen) atoms. The van der Waals surface area contributed by atoms with Gasteiger partial charge in [0, 0.05) is 32.8 Å². The predicted molar refractivity (Wildman–Crippen MR) is 73.8 cm³/mol. The third-order valence-electron chi connectivity index (χ3n) is 3.62. The first kappa shape index (κ1) is 15.1. The van der Waals surface area contributed by atoms with Crippen LogP contribution in [0.1, 0.15) is 12.8 Å². The summed E-state index contributed by atoms with van der Waals surface area (Å²) in [5.74, 6) is -0.367. The lowest BCUT2D eigenvalue weighted by molar-refractivity contribution is 0.196. The highest BCUT2D eigenvalue weighted by atomic mass is 19.1. The fourth-order valence-corrected chi connectivity index (χ4v) is 2.47. The molecule has 1 fully saturated rings. The van der Waals surface area contributed by atoms with Crippen molar-refractivity contribution in [2.45, 2.75) is 12.8 Å². The van der Waals surface area contributed by atoms with E-state index >= 15 is 0 Å². The lowest BCUT2D eigenvalue weighted by Gasteiger charge is -2.33. The maximum atomic E-state index is 13.6. The number of anilines is 1. The number of methoxy groups -OCH3 is 1. The Balaban J connectivity index is 1.79. The van der Waals surface area contributed by atoms with E-state index < -0.39 is 11.6 Å². The molecule has 0 atom stereocenters. The van der Waals surface area contributed by atoms with Gasteiger partial charge in [0.1, 0.15) is 5.82 Å². The van der Waals surface area contributed by atoms with E-state index in [2.05, 4.69) is 10.3 Å². The summed E-state index contributed by atoms with van der Waals surface area (Å²) in [7, 11) is 1.68. The lowest BCUT2D eigenvalue weighted by Crippen LogP contribution is -2.38. The third-order valence-corrected chi connectivity index (χ3v) is 3.62.